The molecule has 0 spiro atoms. The Morgan fingerprint density at radius 3 is 2.47 bits per heavy atom. The van der Waals surface area contributed by atoms with E-state index in [2.05, 4.69) is 4.74 Å². The van der Waals surface area contributed by atoms with E-state index in [1.807, 2.05) is 30.3 Å². The third kappa shape index (κ3) is 4.91. The minimum Gasteiger partial charge on any atom is -0.469 e. The van der Waals surface area contributed by atoms with Crippen LogP contribution in [0.25, 0.3) is 0 Å². The van der Waals surface area contributed by atoms with Gasteiger partial charge in [0.25, 0.3) is 5.91 Å². The van der Waals surface area contributed by atoms with E-state index < -0.39 is 21.9 Å². The number of furan rings is 1. The van der Waals surface area contributed by atoms with Gasteiger partial charge in [-0.05, 0) is 25.3 Å². The molecule has 0 unspecified atom stereocenters. The van der Waals surface area contributed by atoms with Gasteiger partial charge in [0.15, 0.2) is 5.76 Å². The number of carbonyl (C=O) groups excluding carboxylic acids is 2. The van der Waals surface area contributed by atoms with E-state index >= 15 is 0 Å². The van der Waals surface area contributed by atoms with Gasteiger partial charge in [0, 0.05) is 32.2 Å². The smallest absolute Gasteiger partial charge is 0.307 e. The highest BCUT2D eigenvalue weighted by molar-refractivity contribution is 7.89. The lowest BCUT2D eigenvalue weighted by Gasteiger charge is -2.21. The fraction of sp³-hybridized carbons (Fsp3) is 0.429. The molecule has 0 N–H and O–H groups in total. The molecule has 8 nitrogen and oxygen atoms in total. The molecule has 162 valence electrons. The molecule has 0 radical (unpaired) electrons. The summed E-state index contributed by atoms with van der Waals surface area (Å²) in [6, 6.07) is 10.6. The van der Waals surface area contributed by atoms with Gasteiger partial charge >= 0.3 is 5.97 Å². The van der Waals surface area contributed by atoms with E-state index in [4.69, 9.17) is 4.42 Å². The average molecular weight is 435 g/mol. The van der Waals surface area contributed by atoms with Crippen LogP contribution in [0.15, 0.2) is 45.7 Å². The third-order valence-electron chi connectivity index (χ3n) is 5.08. The summed E-state index contributed by atoms with van der Waals surface area (Å²) in [5, 5.41) is 0. The number of hydrogen-bond donors (Lipinski definition) is 0. The summed E-state index contributed by atoms with van der Waals surface area (Å²) >= 11 is 0. The van der Waals surface area contributed by atoms with Crippen molar-refractivity contribution in [1.82, 2.24) is 9.21 Å². The topological polar surface area (TPSA) is 97.1 Å². The summed E-state index contributed by atoms with van der Waals surface area (Å²) < 4.78 is 37.4. The van der Waals surface area contributed by atoms with Crippen LogP contribution in [0.1, 0.15) is 41.1 Å². The van der Waals surface area contributed by atoms with Gasteiger partial charge in [-0.2, -0.15) is 4.31 Å². The van der Waals surface area contributed by atoms with Crippen molar-refractivity contribution in [2.75, 3.05) is 26.7 Å². The molecular weight excluding hydrogens is 408 g/mol. The summed E-state index contributed by atoms with van der Waals surface area (Å²) in [5.74, 6) is -0.800. The fourth-order valence-electron chi connectivity index (χ4n) is 3.43. The first kappa shape index (κ1) is 22.0. The van der Waals surface area contributed by atoms with Crippen molar-refractivity contribution in [3.05, 3.63) is 53.5 Å². The monoisotopic (exact) mass is 434 g/mol. The summed E-state index contributed by atoms with van der Waals surface area (Å²) in [6.07, 6.45) is 1.66. The van der Waals surface area contributed by atoms with E-state index in [9.17, 15) is 18.0 Å². The Balaban J connectivity index is 1.85. The number of rotatable bonds is 8. The van der Waals surface area contributed by atoms with Crippen molar-refractivity contribution >= 4 is 21.9 Å². The van der Waals surface area contributed by atoms with Gasteiger partial charge in [0.1, 0.15) is 10.7 Å². The number of benzene rings is 1. The number of nitrogens with zero attached hydrogens (tertiary/aromatic N) is 2. The summed E-state index contributed by atoms with van der Waals surface area (Å²) in [7, 11) is -2.41. The van der Waals surface area contributed by atoms with Crippen molar-refractivity contribution < 1.29 is 27.2 Å². The van der Waals surface area contributed by atoms with E-state index in [0.717, 1.165) is 18.4 Å². The highest BCUT2D eigenvalue weighted by Crippen LogP contribution is 2.27. The number of amides is 1. The lowest BCUT2D eigenvalue weighted by molar-refractivity contribution is -0.140. The van der Waals surface area contributed by atoms with Crippen molar-refractivity contribution in [3.8, 4) is 0 Å². The van der Waals surface area contributed by atoms with Gasteiger partial charge in [0.05, 0.1) is 13.5 Å². The van der Waals surface area contributed by atoms with Crippen molar-refractivity contribution in [3.63, 3.8) is 0 Å². The minimum absolute atomic E-state index is 0.0142. The maximum atomic E-state index is 13.1. The Morgan fingerprint density at radius 1 is 1.17 bits per heavy atom. The first-order valence-corrected chi connectivity index (χ1v) is 11.3. The molecule has 2 heterocycles. The quantitative estimate of drug-likeness (QED) is 0.593. The zero-order valence-corrected chi connectivity index (χ0v) is 18.0. The molecule has 1 saturated heterocycles. The van der Waals surface area contributed by atoms with Crippen molar-refractivity contribution in [2.45, 2.75) is 37.6 Å². The summed E-state index contributed by atoms with van der Waals surface area (Å²) in [4.78, 5) is 26.2. The number of hydrogen-bond acceptors (Lipinski definition) is 6. The van der Waals surface area contributed by atoms with Crippen LogP contribution in [-0.2, 0) is 26.1 Å². The summed E-state index contributed by atoms with van der Waals surface area (Å²) in [5.41, 5.74) is 0.879. The van der Waals surface area contributed by atoms with Crippen molar-refractivity contribution in [2.24, 2.45) is 0 Å². The predicted molar refractivity (Wildman–Crippen MR) is 109 cm³/mol. The molecular formula is C21H26N2O6S. The van der Waals surface area contributed by atoms with Crippen LogP contribution >= 0.6 is 0 Å². The molecule has 0 atom stereocenters. The normalized spacial score (nSPS) is 14.6. The lowest BCUT2D eigenvalue weighted by Crippen LogP contribution is -2.32. The Morgan fingerprint density at radius 2 is 1.83 bits per heavy atom. The minimum atomic E-state index is -3.70. The van der Waals surface area contributed by atoms with Crippen molar-refractivity contribution in [1.29, 1.82) is 0 Å². The first-order valence-electron chi connectivity index (χ1n) is 9.83. The Hall–Kier alpha value is -2.65. The van der Waals surface area contributed by atoms with Gasteiger partial charge in [-0.15, -0.1) is 0 Å². The Bertz CT molecular complexity index is 994. The molecule has 1 aromatic carbocycles. The van der Waals surface area contributed by atoms with E-state index in [1.165, 1.54) is 29.3 Å². The number of carbonyl (C=O) groups is 2. The Kier molecular flexibility index (Phi) is 6.94. The van der Waals surface area contributed by atoms with Crippen LogP contribution in [0.5, 0.6) is 0 Å². The van der Waals surface area contributed by atoms with Crippen LogP contribution in [0.4, 0.5) is 0 Å². The molecule has 1 aliphatic rings. The van der Waals surface area contributed by atoms with Gasteiger partial charge in [-0.1, -0.05) is 30.3 Å². The van der Waals surface area contributed by atoms with E-state index in [0.29, 0.717) is 13.1 Å². The molecule has 0 saturated carbocycles. The Labute approximate surface area is 176 Å². The van der Waals surface area contributed by atoms with E-state index in [-0.39, 0.29) is 35.9 Å². The largest absolute Gasteiger partial charge is 0.469 e. The van der Waals surface area contributed by atoms with Crippen LogP contribution in [-0.4, -0.2) is 56.2 Å². The third-order valence-corrected chi connectivity index (χ3v) is 7.09. The molecule has 0 aliphatic carbocycles. The van der Waals surface area contributed by atoms with Gasteiger partial charge < -0.3 is 14.1 Å². The number of methoxy groups -OCH3 is 1. The number of ether oxygens (including phenoxy) is 1. The fourth-order valence-corrected chi connectivity index (χ4v) is 5.11. The molecule has 9 heteroatoms. The lowest BCUT2D eigenvalue weighted by atomic mass is 10.2. The maximum absolute atomic E-state index is 13.1. The molecule has 30 heavy (non-hydrogen) atoms. The van der Waals surface area contributed by atoms with Crippen LogP contribution in [0.2, 0.25) is 0 Å². The summed E-state index contributed by atoms with van der Waals surface area (Å²) in [6.45, 7) is 2.85. The first-order chi connectivity index (χ1) is 14.3. The molecule has 0 bridgehead atoms. The molecule has 3 rings (SSSR count). The van der Waals surface area contributed by atoms with Crippen LogP contribution < -0.4 is 0 Å². The maximum Gasteiger partial charge on any atom is 0.307 e. The highest BCUT2D eigenvalue weighted by Gasteiger charge is 2.32. The highest BCUT2D eigenvalue weighted by atomic mass is 32.2. The second-order valence-electron chi connectivity index (χ2n) is 7.18. The zero-order chi connectivity index (χ0) is 21.7. The second-order valence-corrected chi connectivity index (χ2v) is 9.09. The standard InChI is InChI=1S/C21H26N2O6S/c1-16-19(30(26,27)23-11-6-7-12-23)14-18(29-16)21(25)22(13-10-20(24)28-2)15-17-8-4-3-5-9-17/h3-5,8-9,14H,6-7,10-13,15H2,1-2H3. The molecule has 2 aromatic rings. The molecule has 1 fully saturated rings. The van der Waals surface area contributed by atoms with Crippen LogP contribution in [0.3, 0.4) is 0 Å². The van der Waals surface area contributed by atoms with Gasteiger partial charge in [0.2, 0.25) is 10.0 Å². The predicted octanol–water partition coefficient (Wildman–Crippen LogP) is 2.58. The number of esters is 1. The SMILES string of the molecule is COC(=O)CCN(Cc1ccccc1)C(=O)c1cc(S(=O)(=O)N2CCCC2)c(C)o1. The second kappa shape index (κ2) is 9.44. The number of sulfonamides is 1. The van der Waals surface area contributed by atoms with Gasteiger partial charge in [-0.3, -0.25) is 9.59 Å². The molecule has 1 aliphatic heterocycles. The zero-order valence-electron chi connectivity index (χ0n) is 17.2. The van der Waals surface area contributed by atoms with Crippen LogP contribution in [0, 0.1) is 6.92 Å². The van der Waals surface area contributed by atoms with E-state index in [1.54, 1.807) is 0 Å². The number of aryl methyl sites for hydroxylation is 1. The molecule has 1 amide bonds. The average Bonchev–Trinajstić information content (AvgIpc) is 3.41. The van der Waals surface area contributed by atoms with Gasteiger partial charge in [-0.25, -0.2) is 8.42 Å². The molecule has 1 aromatic heterocycles.